The van der Waals surface area contributed by atoms with Gasteiger partial charge in [0.1, 0.15) is 0 Å². The van der Waals surface area contributed by atoms with Gasteiger partial charge >= 0.3 is 0 Å². The summed E-state index contributed by atoms with van der Waals surface area (Å²) in [6, 6.07) is 7.79. The zero-order valence-electron chi connectivity index (χ0n) is 13.0. The molecule has 0 aromatic heterocycles. The monoisotopic (exact) mass is 350 g/mol. The van der Waals surface area contributed by atoms with Crippen LogP contribution in [0.2, 0.25) is 0 Å². The van der Waals surface area contributed by atoms with Gasteiger partial charge in [0.2, 0.25) is 0 Å². The van der Waals surface area contributed by atoms with Gasteiger partial charge in [0.15, 0.2) is 0 Å². The van der Waals surface area contributed by atoms with Crippen LogP contribution >= 0.6 is 15.9 Å². The summed E-state index contributed by atoms with van der Waals surface area (Å²) in [6.45, 7) is 3.39. The molecule has 3 unspecified atom stereocenters. The standard InChI is InChI=1S/C18H27BrN2/c1-2-16(20)11-14-8-9-15(19)12-18(14)21-10-4-6-13-5-3-7-17(13)21/h8-9,12-13,16-17H,2-7,10-11,20H2,1H3. The number of benzene rings is 1. The summed E-state index contributed by atoms with van der Waals surface area (Å²) in [4.78, 5) is 2.70. The number of fused-ring (bicyclic) bond motifs is 1. The maximum Gasteiger partial charge on any atom is 0.0413 e. The molecule has 2 fully saturated rings. The lowest BCUT2D eigenvalue weighted by Gasteiger charge is -2.40. The van der Waals surface area contributed by atoms with E-state index in [2.05, 4.69) is 46.0 Å². The van der Waals surface area contributed by atoms with Crippen molar-refractivity contribution in [3.8, 4) is 0 Å². The lowest BCUT2D eigenvalue weighted by molar-refractivity contribution is 0.362. The van der Waals surface area contributed by atoms with Gasteiger partial charge in [-0.1, -0.05) is 35.3 Å². The van der Waals surface area contributed by atoms with Crippen LogP contribution in [-0.2, 0) is 6.42 Å². The SMILES string of the molecule is CCC(N)Cc1ccc(Br)cc1N1CCCC2CCCC21. The van der Waals surface area contributed by atoms with Crippen LogP contribution in [0.4, 0.5) is 5.69 Å². The molecule has 1 saturated heterocycles. The van der Waals surface area contributed by atoms with E-state index >= 15 is 0 Å². The first-order chi connectivity index (χ1) is 10.2. The largest absolute Gasteiger partial charge is 0.368 e. The van der Waals surface area contributed by atoms with E-state index < -0.39 is 0 Å². The molecule has 0 radical (unpaired) electrons. The lowest BCUT2D eigenvalue weighted by Crippen LogP contribution is -2.43. The van der Waals surface area contributed by atoms with Crippen LogP contribution in [0.5, 0.6) is 0 Å². The number of piperidine rings is 1. The van der Waals surface area contributed by atoms with Gasteiger partial charge in [0.05, 0.1) is 0 Å². The van der Waals surface area contributed by atoms with Gasteiger partial charge in [0, 0.05) is 28.8 Å². The predicted molar refractivity (Wildman–Crippen MR) is 93.8 cm³/mol. The van der Waals surface area contributed by atoms with E-state index in [0.29, 0.717) is 0 Å². The predicted octanol–water partition coefficient (Wildman–Crippen LogP) is 4.50. The summed E-state index contributed by atoms with van der Waals surface area (Å²) < 4.78 is 1.19. The number of nitrogens with zero attached hydrogens (tertiary/aromatic N) is 1. The van der Waals surface area contributed by atoms with Gasteiger partial charge in [-0.25, -0.2) is 0 Å². The molecular weight excluding hydrogens is 324 g/mol. The summed E-state index contributed by atoms with van der Waals surface area (Å²) in [5, 5.41) is 0. The topological polar surface area (TPSA) is 29.3 Å². The third-order valence-electron chi connectivity index (χ3n) is 5.36. The highest BCUT2D eigenvalue weighted by atomic mass is 79.9. The van der Waals surface area contributed by atoms with Crippen molar-refractivity contribution in [1.29, 1.82) is 0 Å². The highest BCUT2D eigenvalue weighted by molar-refractivity contribution is 9.10. The minimum Gasteiger partial charge on any atom is -0.368 e. The van der Waals surface area contributed by atoms with E-state index in [1.54, 1.807) is 0 Å². The Morgan fingerprint density at radius 1 is 1.29 bits per heavy atom. The first-order valence-electron chi connectivity index (χ1n) is 8.49. The van der Waals surface area contributed by atoms with Crippen molar-refractivity contribution in [1.82, 2.24) is 0 Å². The van der Waals surface area contributed by atoms with E-state index in [0.717, 1.165) is 24.8 Å². The first-order valence-corrected chi connectivity index (χ1v) is 9.29. The minimum atomic E-state index is 0.272. The molecule has 116 valence electrons. The van der Waals surface area contributed by atoms with E-state index in [1.807, 2.05) is 0 Å². The van der Waals surface area contributed by atoms with E-state index in [4.69, 9.17) is 5.73 Å². The molecule has 0 bridgehead atoms. The molecule has 2 aliphatic rings. The Bertz CT molecular complexity index is 488. The van der Waals surface area contributed by atoms with Crippen molar-refractivity contribution in [2.45, 2.75) is 64.0 Å². The maximum absolute atomic E-state index is 6.22. The quantitative estimate of drug-likeness (QED) is 0.866. The third-order valence-corrected chi connectivity index (χ3v) is 5.85. The second-order valence-electron chi connectivity index (χ2n) is 6.74. The fraction of sp³-hybridized carbons (Fsp3) is 0.667. The number of hydrogen-bond donors (Lipinski definition) is 1. The molecule has 1 aliphatic heterocycles. The van der Waals surface area contributed by atoms with Gasteiger partial charge in [-0.05, 0) is 62.1 Å². The van der Waals surface area contributed by atoms with Gasteiger partial charge in [-0.15, -0.1) is 0 Å². The lowest BCUT2D eigenvalue weighted by atomic mass is 9.90. The molecule has 3 rings (SSSR count). The molecule has 1 saturated carbocycles. The number of anilines is 1. The maximum atomic E-state index is 6.22. The summed E-state index contributed by atoms with van der Waals surface area (Å²) in [6.07, 6.45) is 9.01. The fourth-order valence-electron chi connectivity index (χ4n) is 4.16. The minimum absolute atomic E-state index is 0.272. The van der Waals surface area contributed by atoms with Crippen molar-refractivity contribution in [3.63, 3.8) is 0 Å². The average molecular weight is 351 g/mol. The van der Waals surface area contributed by atoms with Crippen LogP contribution in [0, 0.1) is 5.92 Å². The molecular formula is C18H27BrN2. The molecule has 2 nitrogen and oxygen atoms in total. The first kappa shape index (κ1) is 15.4. The number of nitrogens with two attached hydrogens (primary N) is 1. The van der Waals surface area contributed by atoms with Crippen LogP contribution in [-0.4, -0.2) is 18.6 Å². The van der Waals surface area contributed by atoms with Crippen LogP contribution in [0.1, 0.15) is 51.0 Å². The third kappa shape index (κ3) is 3.29. The van der Waals surface area contributed by atoms with E-state index in [-0.39, 0.29) is 6.04 Å². The molecule has 1 aromatic carbocycles. The van der Waals surface area contributed by atoms with Crippen LogP contribution in [0.3, 0.4) is 0 Å². The van der Waals surface area contributed by atoms with Crippen LogP contribution in [0.25, 0.3) is 0 Å². The zero-order chi connectivity index (χ0) is 14.8. The fourth-order valence-corrected chi connectivity index (χ4v) is 4.51. The molecule has 1 heterocycles. The molecule has 2 N–H and O–H groups in total. The molecule has 0 spiro atoms. The Morgan fingerprint density at radius 3 is 2.90 bits per heavy atom. The van der Waals surface area contributed by atoms with Gasteiger partial charge in [-0.2, -0.15) is 0 Å². The smallest absolute Gasteiger partial charge is 0.0413 e. The Morgan fingerprint density at radius 2 is 2.10 bits per heavy atom. The summed E-state index contributed by atoms with van der Waals surface area (Å²) in [5.41, 5.74) is 9.08. The van der Waals surface area contributed by atoms with Gasteiger partial charge < -0.3 is 10.6 Å². The average Bonchev–Trinajstić information content (AvgIpc) is 2.97. The van der Waals surface area contributed by atoms with E-state index in [9.17, 15) is 0 Å². The Kier molecular flexibility index (Phi) is 4.90. The molecule has 3 heteroatoms. The van der Waals surface area contributed by atoms with Crippen molar-refractivity contribution >= 4 is 21.6 Å². The molecule has 21 heavy (non-hydrogen) atoms. The number of rotatable bonds is 4. The number of hydrogen-bond acceptors (Lipinski definition) is 2. The Balaban J connectivity index is 1.90. The van der Waals surface area contributed by atoms with Gasteiger partial charge in [0.25, 0.3) is 0 Å². The second kappa shape index (κ2) is 6.70. The zero-order valence-corrected chi connectivity index (χ0v) is 14.6. The van der Waals surface area contributed by atoms with Crippen LogP contribution in [0.15, 0.2) is 22.7 Å². The van der Waals surface area contributed by atoms with Crippen molar-refractivity contribution in [2.24, 2.45) is 11.7 Å². The molecule has 1 aromatic rings. The van der Waals surface area contributed by atoms with Crippen molar-refractivity contribution in [2.75, 3.05) is 11.4 Å². The second-order valence-corrected chi connectivity index (χ2v) is 7.66. The van der Waals surface area contributed by atoms with E-state index in [1.165, 1.54) is 54.4 Å². The highest BCUT2D eigenvalue weighted by Crippen LogP contribution is 2.40. The summed E-state index contributed by atoms with van der Waals surface area (Å²) in [5.74, 6) is 0.922. The highest BCUT2D eigenvalue weighted by Gasteiger charge is 2.35. The van der Waals surface area contributed by atoms with Crippen LogP contribution < -0.4 is 10.6 Å². The normalized spacial score (nSPS) is 26.7. The Labute approximate surface area is 137 Å². The molecule has 0 amide bonds. The Hall–Kier alpha value is -0.540. The summed E-state index contributed by atoms with van der Waals surface area (Å²) >= 11 is 3.66. The molecule has 1 aliphatic carbocycles. The van der Waals surface area contributed by atoms with Crippen molar-refractivity contribution in [3.05, 3.63) is 28.2 Å². The summed E-state index contributed by atoms with van der Waals surface area (Å²) in [7, 11) is 0. The van der Waals surface area contributed by atoms with Gasteiger partial charge in [-0.3, -0.25) is 0 Å². The molecule has 3 atom stereocenters. The van der Waals surface area contributed by atoms with Crippen molar-refractivity contribution < 1.29 is 0 Å². The number of halogens is 1.